The first-order valence-corrected chi connectivity index (χ1v) is 5.46. The molecule has 84 valence electrons. The van der Waals surface area contributed by atoms with Gasteiger partial charge in [-0.25, -0.2) is 9.59 Å². The van der Waals surface area contributed by atoms with Crippen LogP contribution in [0.3, 0.4) is 0 Å². The van der Waals surface area contributed by atoms with Gasteiger partial charge in [0, 0.05) is 13.1 Å². The van der Waals surface area contributed by atoms with E-state index in [1.807, 2.05) is 0 Å². The van der Waals surface area contributed by atoms with E-state index in [4.69, 9.17) is 5.11 Å². The second-order valence-electron chi connectivity index (χ2n) is 4.32. The number of likely N-dealkylation sites (tertiary alicyclic amines) is 1. The summed E-state index contributed by atoms with van der Waals surface area (Å²) in [6.45, 7) is 1.26. The van der Waals surface area contributed by atoms with Crippen LogP contribution in [0.15, 0.2) is 0 Å². The van der Waals surface area contributed by atoms with Crippen molar-refractivity contribution in [3.63, 3.8) is 0 Å². The molecule has 0 aromatic rings. The third-order valence-electron chi connectivity index (χ3n) is 3.04. The molecule has 2 N–H and O–H groups in total. The molecule has 15 heavy (non-hydrogen) atoms. The predicted octanol–water partition coefficient (Wildman–Crippen LogP) is 0.655. The molecule has 0 spiro atoms. The number of aliphatic carboxylic acids is 1. The van der Waals surface area contributed by atoms with E-state index in [0.29, 0.717) is 25.4 Å². The number of amides is 2. The third-order valence-corrected chi connectivity index (χ3v) is 3.04. The maximum absolute atomic E-state index is 11.6. The summed E-state index contributed by atoms with van der Waals surface area (Å²) in [4.78, 5) is 23.9. The van der Waals surface area contributed by atoms with Gasteiger partial charge in [0.15, 0.2) is 0 Å². The van der Waals surface area contributed by atoms with E-state index in [2.05, 4.69) is 5.32 Å². The van der Waals surface area contributed by atoms with Crippen molar-refractivity contribution in [2.75, 3.05) is 13.1 Å². The van der Waals surface area contributed by atoms with Gasteiger partial charge in [0.1, 0.15) is 6.04 Å². The normalized spacial score (nSPS) is 25.3. The van der Waals surface area contributed by atoms with Gasteiger partial charge in [-0.05, 0) is 31.6 Å². The molecule has 5 heteroatoms. The summed E-state index contributed by atoms with van der Waals surface area (Å²) >= 11 is 0. The minimum atomic E-state index is -0.894. The molecule has 1 atom stereocenters. The zero-order valence-electron chi connectivity index (χ0n) is 8.61. The molecule has 5 nitrogen and oxygen atoms in total. The van der Waals surface area contributed by atoms with Gasteiger partial charge in [0.05, 0.1) is 0 Å². The summed E-state index contributed by atoms with van der Waals surface area (Å²) in [5, 5.41) is 11.7. The summed E-state index contributed by atoms with van der Waals surface area (Å²) in [6.07, 6.45) is 3.73. The number of carbonyl (C=O) groups excluding carboxylic acids is 1. The second-order valence-corrected chi connectivity index (χ2v) is 4.32. The summed E-state index contributed by atoms with van der Waals surface area (Å²) in [5.74, 6) is -0.270. The van der Waals surface area contributed by atoms with E-state index in [1.54, 1.807) is 0 Å². The highest BCUT2D eigenvalue weighted by Crippen LogP contribution is 2.27. The minimum absolute atomic E-state index is 0.216. The number of hydrogen-bond donors (Lipinski definition) is 2. The van der Waals surface area contributed by atoms with Crippen LogP contribution in [0.2, 0.25) is 0 Å². The number of carbonyl (C=O) groups is 2. The van der Waals surface area contributed by atoms with Crippen LogP contribution in [0, 0.1) is 5.92 Å². The minimum Gasteiger partial charge on any atom is -0.480 e. The first kappa shape index (κ1) is 10.3. The van der Waals surface area contributed by atoms with Crippen molar-refractivity contribution in [2.45, 2.75) is 31.7 Å². The summed E-state index contributed by atoms with van der Waals surface area (Å²) in [5.41, 5.74) is 0. The SMILES string of the molecule is O=C(O)[C@H]1CCCN1C(=O)NCC1CC1. The Kier molecular flexibility index (Phi) is 2.79. The van der Waals surface area contributed by atoms with Crippen LogP contribution in [-0.2, 0) is 4.79 Å². The van der Waals surface area contributed by atoms with Gasteiger partial charge in [-0.3, -0.25) is 0 Å². The average Bonchev–Trinajstić information content (AvgIpc) is 2.88. The monoisotopic (exact) mass is 212 g/mol. The first-order valence-electron chi connectivity index (χ1n) is 5.46. The largest absolute Gasteiger partial charge is 0.480 e. The maximum Gasteiger partial charge on any atom is 0.326 e. The predicted molar refractivity (Wildman–Crippen MR) is 53.5 cm³/mol. The van der Waals surface area contributed by atoms with E-state index in [0.717, 1.165) is 6.42 Å². The summed E-state index contributed by atoms with van der Waals surface area (Å²) < 4.78 is 0. The van der Waals surface area contributed by atoms with Crippen LogP contribution in [-0.4, -0.2) is 41.1 Å². The molecule has 0 aromatic carbocycles. The van der Waals surface area contributed by atoms with Gasteiger partial charge in [0.25, 0.3) is 0 Å². The van der Waals surface area contributed by atoms with Crippen molar-refractivity contribution in [1.29, 1.82) is 0 Å². The smallest absolute Gasteiger partial charge is 0.326 e. The second kappa shape index (κ2) is 4.08. The average molecular weight is 212 g/mol. The topological polar surface area (TPSA) is 69.6 Å². The molecule has 2 rings (SSSR count). The number of nitrogens with zero attached hydrogens (tertiary/aromatic N) is 1. The number of rotatable bonds is 3. The molecular weight excluding hydrogens is 196 g/mol. The molecule has 0 radical (unpaired) electrons. The number of carboxylic acid groups (broad SMARTS) is 1. The number of hydrogen-bond acceptors (Lipinski definition) is 2. The lowest BCUT2D eigenvalue weighted by molar-refractivity contribution is -0.141. The Hall–Kier alpha value is -1.26. The highest BCUT2D eigenvalue weighted by atomic mass is 16.4. The molecule has 2 aliphatic rings. The van der Waals surface area contributed by atoms with Crippen molar-refractivity contribution in [2.24, 2.45) is 5.92 Å². The highest BCUT2D eigenvalue weighted by Gasteiger charge is 2.34. The number of nitrogens with one attached hydrogen (secondary N) is 1. The van der Waals surface area contributed by atoms with Crippen LogP contribution >= 0.6 is 0 Å². The van der Waals surface area contributed by atoms with Gasteiger partial charge >= 0.3 is 12.0 Å². The van der Waals surface area contributed by atoms with Crippen LogP contribution in [0.1, 0.15) is 25.7 Å². The molecule has 1 saturated carbocycles. The van der Waals surface area contributed by atoms with Crippen molar-refractivity contribution >= 4 is 12.0 Å². The van der Waals surface area contributed by atoms with Gasteiger partial charge in [-0.15, -0.1) is 0 Å². The lowest BCUT2D eigenvalue weighted by atomic mass is 10.2. The molecule has 0 aromatic heterocycles. The molecule has 2 amide bonds. The van der Waals surface area contributed by atoms with Crippen molar-refractivity contribution in [3.8, 4) is 0 Å². The van der Waals surface area contributed by atoms with Crippen LogP contribution in [0.5, 0.6) is 0 Å². The molecule has 0 bridgehead atoms. The summed E-state index contributed by atoms with van der Waals surface area (Å²) in [6, 6.07) is -0.837. The first-order chi connectivity index (χ1) is 7.18. The Labute approximate surface area is 88.4 Å². The highest BCUT2D eigenvalue weighted by molar-refractivity contribution is 5.83. The Morgan fingerprint density at radius 1 is 1.33 bits per heavy atom. The van der Waals surface area contributed by atoms with Gasteiger partial charge < -0.3 is 15.3 Å². The molecule has 1 heterocycles. The zero-order chi connectivity index (χ0) is 10.8. The molecule has 1 aliphatic carbocycles. The van der Waals surface area contributed by atoms with Crippen LogP contribution < -0.4 is 5.32 Å². The fraction of sp³-hybridized carbons (Fsp3) is 0.800. The Morgan fingerprint density at radius 3 is 2.67 bits per heavy atom. The fourth-order valence-electron chi connectivity index (χ4n) is 1.92. The Bertz CT molecular complexity index is 276. The van der Waals surface area contributed by atoms with Crippen LogP contribution in [0.25, 0.3) is 0 Å². The number of carboxylic acids is 1. The van der Waals surface area contributed by atoms with E-state index in [1.165, 1.54) is 17.7 Å². The fourth-order valence-corrected chi connectivity index (χ4v) is 1.92. The van der Waals surface area contributed by atoms with Crippen LogP contribution in [0.4, 0.5) is 4.79 Å². The molecular formula is C10H16N2O3. The maximum atomic E-state index is 11.6. The van der Waals surface area contributed by atoms with E-state index >= 15 is 0 Å². The zero-order valence-corrected chi connectivity index (χ0v) is 8.61. The van der Waals surface area contributed by atoms with E-state index in [-0.39, 0.29) is 6.03 Å². The number of urea groups is 1. The van der Waals surface area contributed by atoms with Gasteiger partial charge in [-0.1, -0.05) is 0 Å². The molecule has 1 aliphatic heterocycles. The lowest BCUT2D eigenvalue weighted by Crippen LogP contribution is -2.46. The Morgan fingerprint density at radius 2 is 2.07 bits per heavy atom. The van der Waals surface area contributed by atoms with Crippen molar-refractivity contribution < 1.29 is 14.7 Å². The van der Waals surface area contributed by atoms with Gasteiger partial charge in [-0.2, -0.15) is 0 Å². The lowest BCUT2D eigenvalue weighted by Gasteiger charge is -2.21. The summed E-state index contributed by atoms with van der Waals surface area (Å²) in [7, 11) is 0. The van der Waals surface area contributed by atoms with E-state index < -0.39 is 12.0 Å². The van der Waals surface area contributed by atoms with Crippen molar-refractivity contribution in [1.82, 2.24) is 10.2 Å². The quantitative estimate of drug-likeness (QED) is 0.721. The van der Waals surface area contributed by atoms with E-state index in [9.17, 15) is 9.59 Å². The standard InChI is InChI=1S/C10H16N2O3/c13-9(14)8-2-1-5-12(8)10(15)11-6-7-3-4-7/h7-8H,1-6H2,(H,11,15)(H,13,14)/t8-/m1/s1. The molecule has 0 unspecified atom stereocenters. The molecule has 2 fully saturated rings. The van der Waals surface area contributed by atoms with Gasteiger partial charge in [0.2, 0.25) is 0 Å². The van der Waals surface area contributed by atoms with Crippen molar-refractivity contribution in [3.05, 3.63) is 0 Å². The Balaban J connectivity index is 1.84. The molecule has 1 saturated heterocycles. The third kappa shape index (κ3) is 2.40.